The number of unbranched alkanes of at least 4 members (excludes halogenated alkanes) is 16. The minimum Gasteiger partial charge on any atom is -0.150 e. The molecule has 0 unspecified atom stereocenters. The van der Waals surface area contributed by atoms with Crippen molar-refractivity contribution in [3.63, 3.8) is 0 Å². The first kappa shape index (κ1) is 22.8. The zero-order valence-corrected chi connectivity index (χ0v) is 17.7. The van der Waals surface area contributed by atoms with E-state index < -0.39 is 7.42 Å². The molecule has 3 heteroatoms. The lowest BCUT2D eigenvalue weighted by atomic mass is 10.0. The second-order valence-corrected chi connectivity index (χ2v) is 12.0. The summed E-state index contributed by atoms with van der Waals surface area (Å²) in [4.78, 5) is 0. The summed E-state index contributed by atoms with van der Waals surface area (Å²) in [6, 6.07) is 1.10. The quantitative estimate of drug-likeness (QED) is 0.130. The maximum atomic E-state index is 5.85. The lowest BCUT2D eigenvalue weighted by molar-refractivity contribution is 0.529. The summed E-state index contributed by atoms with van der Waals surface area (Å²) >= 11 is 11.7. The Morgan fingerprint density at radius 2 is 0.727 bits per heavy atom. The first-order chi connectivity index (χ1) is 10.8. The molecule has 134 valence electrons. The molecule has 0 nitrogen and oxygen atoms in total. The van der Waals surface area contributed by atoms with Crippen molar-refractivity contribution in [2.24, 2.45) is 0 Å². The van der Waals surface area contributed by atoms with Gasteiger partial charge >= 0.3 is 0 Å². The van der Waals surface area contributed by atoms with E-state index in [1.807, 2.05) is 0 Å². The third kappa shape index (κ3) is 20.8. The maximum absolute atomic E-state index is 5.85. The molecule has 0 aliphatic carbocycles. The van der Waals surface area contributed by atoms with Gasteiger partial charge in [0, 0.05) is 0 Å². The van der Waals surface area contributed by atoms with Gasteiger partial charge in [0.15, 0.2) is 0 Å². The van der Waals surface area contributed by atoms with Gasteiger partial charge in [-0.25, -0.2) is 0 Å². The van der Waals surface area contributed by atoms with Crippen LogP contribution in [-0.4, -0.2) is 7.42 Å². The summed E-state index contributed by atoms with van der Waals surface area (Å²) in [7, 11) is -1.32. The van der Waals surface area contributed by atoms with Crippen molar-refractivity contribution in [1.82, 2.24) is 0 Å². The highest BCUT2D eigenvalue weighted by Crippen LogP contribution is 2.15. The summed E-state index contributed by atoms with van der Waals surface area (Å²) in [6.45, 7) is 2.29. The summed E-state index contributed by atoms with van der Waals surface area (Å²) in [5.74, 6) is 0. The van der Waals surface area contributed by atoms with E-state index in [1.54, 1.807) is 0 Å². The third-order valence-corrected chi connectivity index (χ3v) is 6.68. The number of halogens is 2. The summed E-state index contributed by atoms with van der Waals surface area (Å²) in [5.41, 5.74) is 0. The summed E-state index contributed by atoms with van der Waals surface area (Å²) in [6.07, 6.45) is 24.2. The van der Waals surface area contributed by atoms with E-state index in [0.29, 0.717) is 0 Å². The fourth-order valence-electron chi connectivity index (χ4n) is 3.02. The zero-order valence-electron chi connectivity index (χ0n) is 15.1. The number of hydrogen-bond acceptors (Lipinski definition) is 0. The largest absolute Gasteiger partial charge is 0.237 e. The Balaban J connectivity index is 2.94. The van der Waals surface area contributed by atoms with E-state index in [1.165, 1.54) is 109 Å². The first-order valence-electron chi connectivity index (χ1n) is 10.1. The average Bonchev–Trinajstić information content (AvgIpc) is 2.50. The van der Waals surface area contributed by atoms with Crippen LogP contribution in [-0.2, 0) is 0 Å². The lowest BCUT2D eigenvalue weighted by Crippen LogP contribution is -1.91. The molecule has 0 heterocycles. The van der Waals surface area contributed by atoms with Gasteiger partial charge in [-0.2, -0.15) is 22.2 Å². The van der Waals surface area contributed by atoms with Crippen LogP contribution in [0.5, 0.6) is 0 Å². The molecular formula is C19H40Cl2Si. The Kier molecular flexibility index (Phi) is 20.6. The van der Waals surface area contributed by atoms with Crippen LogP contribution in [0, 0.1) is 0 Å². The van der Waals surface area contributed by atoms with Gasteiger partial charge in [-0.15, -0.1) is 0 Å². The molecule has 0 rings (SSSR count). The van der Waals surface area contributed by atoms with Gasteiger partial charge in [-0.3, -0.25) is 0 Å². The Morgan fingerprint density at radius 1 is 0.455 bits per heavy atom. The molecule has 0 atom stereocenters. The van der Waals surface area contributed by atoms with E-state index in [2.05, 4.69) is 6.92 Å². The molecule has 0 fully saturated rings. The van der Waals surface area contributed by atoms with Crippen molar-refractivity contribution in [2.75, 3.05) is 0 Å². The molecule has 0 aromatic carbocycles. The van der Waals surface area contributed by atoms with E-state index in [4.69, 9.17) is 22.2 Å². The Bertz CT molecular complexity index is 198. The summed E-state index contributed by atoms with van der Waals surface area (Å²) in [5, 5.41) is 0. The van der Waals surface area contributed by atoms with E-state index in [0.717, 1.165) is 6.04 Å². The average molecular weight is 368 g/mol. The van der Waals surface area contributed by atoms with Crippen molar-refractivity contribution in [3.8, 4) is 0 Å². The standard InChI is InChI=1S/C19H40Cl2Si/c1-2-3-4-5-6-7-8-9-10-11-12-13-14-15-16-17-18-19-22(20)21/h22H,2-19H2,1H3. The third-order valence-electron chi connectivity index (χ3n) is 4.53. The summed E-state index contributed by atoms with van der Waals surface area (Å²) < 4.78 is 0. The maximum Gasteiger partial charge on any atom is 0.237 e. The van der Waals surface area contributed by atoms with Gasteiger partial charge in [0.2, 0.25) is 7.42 Å². The fourth-order valence-corrected chi connectivity index (χ4v) is 4.55. The van der Waals surface area contributed by atoms with Crippen molar-refractivity contribution < 1.29 is 0 Å². The van der Waals surface area contributed by atoms with Crippen LogP contribution >= 0.6 is 22.2 Å². The molecule has 0 aromatic rings. The van der Waals surface area contributed by atoms with E-state index in [9.17, 15) is 0 Å². The molecule has 0 amide bonds. The van der Waals surface area contributed by atoms with Crippen LogP contribution in [0.25, 0.3) is 0 Å². The normalized spacial score (nSPS) is 11.5. The molecule has 22 heavy (non-hydrogen) atoms. The van der Waals surface area contributed by atoms with Crippen LogP contribution in [0.3, 0.4) is 0 Å². The Labute approximate surface area is 151 Å². The molecule has 0 aliphatic rings. The second kappa shape index (κ2) is 19.8. The van der Waals surface area contributed by atoms with Crippen LogP contribution in [0.1, 0.15) is 116 Å². The lowest BCUT2D eigenvalue weighted by Gasteiger charge is -2.03. The SMILES string of the molecule is CCCCCCCCCCCCCCCCCCC[SiH](Cl)Cl. The predicted molar refractivity (Wildman–Crippen MR) is 108 cm³/mol. The first-order valence-corrected chi connectivity index (χ1v) is 14.4. The van der Waals surface area contributed by atoms with Crippen LogP contribution in [0.4, 0.5) is 0 Å². The van der Waals surface area contributed by atoms with Crippen LogP contribution in [0.15, 0.2) is 0 Å². The van der Waals surface area contributed by atoms with Crippen molar-refractivity contribution in [1.29, 1.82) is 0 Å². The highest BCUT2D eigenvalue weighted by atomic mass is 35.7. The van der Waals surface area contributed by atoms with Gasteiger partial charge in [-0.1, -0.05) is 116 Å². The molecule has 0 saturated heterocycles. The van der Waals surface area contributed by atoms with Crippen LogP contribution < -0.4 is 0 Å². The number of hydrogen-bond donors (Lipinski definition) is 0. The van der Waals surface area contributed by atoms with Gasteiger partial charge in [-0.05, 0) is 6.04 Å². The Hall–Kier alpha value is 0.797. The van der Waals surface area contributed by atoms with Crippen molar-refractivity contribution >= 4 is 29.6 Å². The van der Waals surface area contributed by atoms with Gasteiger partial charge in [0.05, 0.1) is 0 Å². The van der Waals surface area contributed by atoms with Crippen molar-refractivity contribution in [2.45, 2.75) is 122 Å². The molecule has 0 radical (unpaired) electrons. The number of rotatable bonds is 18. The molecule has 0 aliphatic heterocycles. The highest BCUT2D eigenvalue weighted by molar-refractivity contribution is 7.33. The van der Waals surface area contributed by atoms with E-state index >= 15 is 0 Å². The fraction of sp³-hybridized carbons (Fsp3) is 1.00. The van der Waals surface area contributed by atoms with Crippen molar-refractivity contribution in [3.05, 3.63) is 0 Å². The van der Waals surface area contributed by atoms with Crippen LogP contribution in [0.2, 0.25) is 6.04 Å². The van der Waals surface area contributed by atoms with Gasteiger partial charge in [0.1, 0.15) is 0 Å². The highest BCUT2D eigenvalue weighted by Gasteiger charge is 2.00. The molecule has 0 saturated carbocycles. The molecule has 0 spiro atoms. The minimum absolute atomic E-state index is 1.10. The Morgan fingerprint density at radius 3 is 1.00 bits per heavy atom. The van der Waals surface area contributed by atoms with E-state index in [-0.39, 0.29) is 0 Å². The molecular weight excluding hydrogens is 327 g/mol. The van der Waals surface area contributed by atoms with Gasteiger partial charge in [0.25, 0.3) is 0 Å². The second-order valence-electron chi connectivity index (χ2n) is 6.84. The molecule has 0 aromatic heterocycles. The molecule has 0 bridgehead atoms. The molecule has 0 N–H and O–H groups in total. The minimum atomic E-state index is -1.32. The smallest absolute Gasteiger partial charge is 0.150 e. The zero-order chi connectivity index (χ0) is 16.3. The monoisotopic (exact) mass is 366 g/mol. The van der Waals surface area contributed by atoms with Gasteiger partial charge < -0.3 is 0 Å². The predicted octanol–water partition coefficient (Wildman–Crippen LogP) is 8.34. The topological polar surface area (TPSA) is 0 Å².